The number of methoxy groups -OCH3 is 1. The van der Waals surface area contributed by atoms with Gasteiger partial charge in [0.15, 0.2) is 4.34 Å². The van der Waals surface area contributed by atoms with Crippen LogP contribution < -0.4 is 15.4 Å². The Labute approximate surface area is 181 Å². The number of nitrogens with one attached hydrogen (secondary N) is 2. The first-order valence-electron chi connectivity index (χ1n) is 8.56. The Hall–Kier alpha value is -2.55. The van der Waals surface area contributed by atoms with Gasteiger partial charge in [-0.2, -0.15) is 0 Å². The Balaban J connectivity index is 1.93. The van der Waals surface area contributed by atoms with Crippen LogP contribution in [0.2, 0.25) is 5.02 Å². The lowest BCUT2D eigenvalue weighted by Crippen LogP contribution is -2.19. The zero-order valence-electron chi connectivity index (χ0n) is 15.7. The maximum absolute atomic E-state index is 12.9. The lowest BCUT2D eigenvalue weighted by molar-refractivity contribution is -0.118. The third kappa shape index (κ3) is 5.29. The van der Waals surface area contributed by atoms with Crippen molar-refractivity contribution in [2.45, 2.75) is 4.34 Å². The van der Waals surface area contributed by atoms with Crippen molar-refractivity contribution in [1.29, 1.82) is 0 Å². The van der Waals surface area contributed by atoms with Crippen molar-refractivity contribution in [1.82, 2.24) is 10.3 Å². The van der Waals surface area contributed by atoms with Gasteiger partial charge in [0.2, 0.25) is 5.91 Å². The van der Waals surface area contributed by atoms with Crippen molar-refractivity contribution >= 4 is 51.5 Å². The smallest absolute Gasteiger partial charge is 0.260 e. The number of carbonyl (C=O) groups is 2. The fraction of sp³-hybridized carbons (Fsp3) is 0.150. The highest BCUT2D eigenvalue weighted by atomic mass is 35.5. The molecule has 0 bridgehead atoms. The zero-order valence-corrected chi connectivity index (χ0v) is 18.1. The number of benzene rings is 2. The Morgan fingerprint density at radius 3 is 2.66 bits per heavy atom. The van der Waals surface area contributed by atoms with Crippen molar-refractivity contribution in [3.05, 3.63) is 59.1 Å². The SMILES string of the molecule is CNC(=O)CSc1nc(-c2ccccc2)c(NC(=O)c2cc(Cl)ccc2OC)s1. The summed E-state index contributed by atoms with van der Waals surface area (Å²) in [5.41, 5.74) is 1.83. The van der Waals surface area contributed by atoms with E-state index in [1.165, 1.54) is 30.2 Å². The van der Waals surface area contributed by atoms with Crippen molar-refractivity contribution < 1.29 is 14.3 Å². The molecule has 0 aliphatic heterocycles. The minimum absolute atomic E-state index is 0.0966. The zero-order chi connectivity index (χ0) is 20.8. The molecule has 0 atom stereocenters. The van der Waals surface area contributed by atoms with E-state index in [1.54, 1.807) is 25.2 Å². The molecule has 9 heteroatoms. The summed E-state index contributed by atoms with van der Waals surface area (Å²) in [6, 6.07) is 14.4. The predicted molar refractivity (Wildman–Crippen MR) is 118 cm³/mol. The van der Waals surface area contributed by atoms with E-state index in [1.807, 2.05) is 30.3 Å². The molecule has 0 unspecified atom stereocenters. The molecule has 29 heavy (non-hydrogen) atoms. The molecule has 150 valence electrons. The maximum atomic E-state index is 12.9. The van der Waals surface area contributed by atoms with Gasteiger partial charge < -0.3 is 15.4 Å². The number of anilines is 1. The second-order valence-electron chi connectivity index (χ2n) is 5.78. The predicted octanol–water partition coefficient (Wildman–Crippen LogP) is 4.56. The van der Waals surface area contributed by atoms with Crippen LogP contribution in [0.15, 0.2) is 52.9 Å². The van der Waals surface area contributed by atoms with Gasteiger partial charge in [-0.3, -0.25) is 9.59 Å². The summed E-state index contributed by atoms with van der Waals surface area (Å²) >= 11 is 8.68. The second kappa shape index (κ2) is 9.78. The molecule has 0 radical (unpaired) electrons. The normalized spacial score (nSPS) is 10.4. The number of nitrogens with zero attached hydrogens (tertiary/aromatic N) is 1. The Kier molecular flexibility index (Phi) is 7.13. The number of halogens is 1. The van der Waals surface area contributed by atoms with Crippen LogP contribution in [0.3, 0.4) is 0 Å². The van der Waals surface area contributed by atoms with Crippen LogP contribution in [0.1, 0.15) is 10.4 Å². The number of hydrogen-bond donors (Lipinski definition) is 2. The molecule has 1 aromatic heterocycles. The minimum atomic E-state index is -0.354. The molecule has 0 aliphatic rings. The van der Waals surface area contributed by atoms with E-state index < -0.39 is 0 Å². The number of amides is 2. The topological polar surface area (TPSA) is 80.3 Å². The molecule has 1 heterocycles. The molecule has 0 aliphatic carbocycles. The van der Waals surface area contributed by atoms with Crippen LogP contribution in [0.5, 0.6) is 5.75 Å². The molecule has 0 saturated heterocycles. The van der Waals surface area contributed by atoms with Gasteiger partial charge in [-0.05, 0) is 18.2 Å². The fourth-order valence-corrected chi connectivity index (χ4v) is 4.57. The summed E-state index contributed by atoms with van der Waals surface area (Å²) in [6.45, 7) is 0. The van der Waals surface area contributed by atoms with Crippen LogP contribution >= 0.6 is 34.7 Å². The Morgan fingerprint density at radius 2 is 1.97 bits per heavy atom. The van der Waals surface area contributed by atoms with Crippen LogP contribution in [0.25, 0.3) is 11.3 Å². The van der Waals surface area contributed by atoms with E-state index in [4.69, 9.17) is 16.3 Å². The summed E-state index contributed by atoms with van der Waals surface area (Å²) < 4.78 is 5.96. The van der Waals surface area contributed by atoms with E-state index in [0.29, 0.717) is 31.4 Å². The molecule has 0 fully saturated rings. The van der Waals surface area contributed by atoms with E-state index >= 15 is 0 Å². The monoisotopic (exact) mass is 447 g/mol. The van der Waals surface area contributed by atoms with Gasteiger partial charge in [0.05, 0.1) is 18.4 Å². The molecule has 2 N–H and O–H groups in total. The molecular weight excluding hydrogens is 430 g/mol. The van der Waals surface area contributed by atoms with Crippen LogP contribution in [-0.2, 0) is 4.79 Å². The molecular formula is C20H18ClN3O3S2. The number of rotatable bonds is 7. The minimum Gasteiger partial charge on any atom is -0.496 e. The maximum Gasteiger partial charge on any atom is 0.260 e. The van der Waals surface area contributed by atoms with Gasteiger partial charge in [0, 0.05) is 17.6 Å². The number of ether oxygens (including phenoxy) is 1. The van der Waals surface area contributed by atoms with Gasteiger partial charge in [0.25, 0.3) is 5.91 Å². The molecule has 0 saturated carbocycles. The quantitative estimate of drug-likeness (QED) is 0.519. The average Bonchev–Trinajstić information content (AvgIpc) is 3.15. The third-order valence-corrected chi connectivity index (χ3v) is 6.24. The van der Waals surface area contributed by atoms with E-state index in [9.17, 15) is 9.59 Å². The highest BCUT2D eigenvalue weighted by molar-refractivity contribution is 8.01. The molecule has 3 rings (SSSR count). The summed E-state index contributed by atoms with van der Waals surface area (Å²) in [5.74, 6) is 0.217. The molecule has 6 nitrogen and oxygen atoms in total. The van der Waals surface area contributed by atoms with Crippen molar-refractivity contribution in [2.75, 3.05) is 25.2 Å². The molecule has 2 aromatic carbocycles. The van der Waals surface area contributed by atoms with Crippen LogP contribution in [0, 0.1) is 0 Å². The van der Waals surface area contributed by atoms with Gasteiger partial charge in [-0.25, -0.2) is 4.98 Å². The Bertz CT molecular complexity index is 1030. The second-order valence-corrected chi connectivity index (χ2v) is 8.44. The lowest BCUT2D eigenvalue weighted by Gasteiger charge is -2.09. The molecule has 0 spiro atoms. The summed E-state index contributed by atoms with van der Waals surface area (Å²) in [4.78, 5) is 29.1. The highest BCUT2D eigenvalue weighted by Crippen LogP contribution is 2.38. The summed E-state index contributed by atoms with van der Waals surface area (Å²) in [6.07, 6.45) is 0. The average molecular weight is 448 g/mol. The number of aromatic nitrogens is 1. The first-order chi connectivity index (χ1) is 14.0. The van der Waals surface area contributed by atoms with Gasteiger partial charge >= 0.3 is 0 Å². The molecule has 2 amide bonds. The number of thiazole rings is 1. The Morgan fingerprint density at radius 1 is 1.21 bits per heavy atom. The lowest BCUT2D eigenvalue weighted by atomic mass is 10.1. The van der Waals surface area contributed by atoms with E-state index in [2.05, 4.69) is 15.6 Å². The van der Waals surface area contributed by atoms with Gasteiger partial charge in [0.1, 0.15) is 16.4 Å². The van der Waals surface area contributed by atoms with Crippen LogP contribution in [-0.4, -0.2) is 36.7 Å². The standard InChI is InChI=1S/C20H18ClN3O3S2/c1-22-16(25)11-28-20-23-17(12-6-4-3-5-7-12)19(29-20)24-18(26)14-10-13(21)8-9-15(14)27-2/h3-10H,11H2,1-2H3,(H,22,25)(H,24,26). The number of carbonyl (C=O) groups excluding carboxylic acids is 2. The molecule has 3 aromatic rings. The van der Waals surface area contributed by atoms with E-state index in [-0.39, 0.29) is 17.6 Å². The van der Waals surface area contributed by atoms with Crippen molar-refractivity contribution in [3.8, 4) is 17.0 Å². The van der Waals surface area contributed by atoms with Gasteiger partial charge in [-0.15, -0.1) is 0 Å². The van der Waals surface area contributed by atoms with E-state index in [0.717, 1.165) is 5.56 Å². The third-order valence-electron chi connectivity index (χ3n) is 3.89. The first-order valence-corrected chi connectivity index (χ1v) is 10.7. The fourth-order valence-electron chi connectivity index (χ4n) is 2.47. The number of thioether (sulfide) groups is 1. The van der Waals surface area contributed by atoms with Gasteiger partial charge in [-0.1, -0.05) is 65.0 Å². The summed E-state index contributed by atoms with van der Waals surface area (Å²) in [7, 11) is 3.08. The largest absolute Gasteiger partial charge is 0.496 e. The van der Waals surface area contributed by atoms with Crippen LogP contribution in [0.4, 0.5) is 5.00 Å². The summed E-state index contributed by atoms with van der Waals surface area (Å²) in [5, 5.41) is 6.52. The first kappa shape index (κ1) is 21.2. The van der Waals surface area contributed by atoms with Crippen molar-refractivity contribution in [3.63, 3.8) is 0 Å². The highest BCUT2D eigenvalue weighted by Gasteiger charge is 2.19. The number of hydrogen-bond acceptors (Lipinski definition) is 6. The van der Waals surface area contributed by atoms with Crippen molar-refractivity contribution in [2.24, 2.45) is 0 Å².